The molecule has 0 saturated carbocycles. The van der Waals surface area contributed by atoms with Gasteiger partial charge >= 0.3 is 0 Å². The van der Waals surface area contributed by atoms with Crippen molar-refractivity contribution in [1.29, 1.82) is 0 Å². The van der Waals surface area contributed by atoms with Crippen LogP contribution in [0.5, 0.6) is 0 Å². The number of fused-ring (bicyclic) bond motifs is 1. The molecule has 0 fully saturated rings. The predicted molar refractivity (Wildman–Crippen MR) is 69.7 cm³/mol. The van der Waals surface area contributed by atoms with E-state index < -0.39 is 9.84 Å². The van der Waals surface area contributed by atoms with E-state index in [0.717, 1.165) is 0 Å². The molecule has 0 unspecified atom stereocenters. The lowest BCUT2D eigenvalue weighted by Gasteiger charge is -2.18. The number of halogens is 1. The van der Waals surface area contributed by atoms with Gasteiger partial charge in [0, 0.05) is 19.8 Å². The standard InChI is InChI=1S/C9H12ClN5O2S/c1-15(3-4-18(2,16)17)8-6-5-11-14-7(6)12-9(10)13-8/h5H,3-4H2,1-2H3,(H,11,12,13,14). The van der Waals surface area contributed by atoms with Crippen molar-refractivity contribution in [1.82, 2.24) is 20.2 Å². The summed E-state index contributed by atoms with van der Waals surface area (Å²) in [7, 11) is -1.27. The lowest BCUT2D eigenvalue weighted by Crippen LogP contribution is -2.26. The van der Waals surface area contributed by atoms with E-state index in [1.165, 1.54) is 6.26 Å². The van der Waals surface area contributed by atoms with Gasteiger partial charge < -0.3 is 4.90 Å². The molecule has 18 heavy (non-hydrogen) atoms. The highest BCUT2D eigenvalue weighted by molar-refractivity contribution is 7.90. The fourth-order valence-electron chi connectivity index (χ4n) is 1.49. The first-order chi connectivity index (χ1) is 8.37. The topological polar surface area (TPSA) is 91.8 Å². The highest BCUT2D eigenvalue weighted by atomic mass is 35.5. The largest absolute Gasteiger partial charge is 0.358 e. The van der Waals surface area contributed by atoms with Gasteiger partial charge in [0.25, 0.3) is 0 Å². The lowest BCUT2D eigenvalue weighted by molar-refractivity contribution is 0.601. The molecule has 2 aromatic rings. The summed E-state index contributed by atoms with van der Waals surface area (Å²) in [4.78, 5) is 9.79. The van der Waals surface area contributed by atoms with Crippen LogP contribution in [0.1, 0.15) is 0 Å². The van der Waals surface area contributed by atoms with Crippen molar-refractivity contribution in [2.75, 3.05) is 30.5 Å². The molecular weight excluding hydrogens is 278 g/mol. The highest BCUT2D eigenvalue weighted by Gasteiger charge is 2.14. The van der Waals surface area contributed by atoms with Crippen molar-refractivity contribution < 1.29 is 8.42 Å². The third kappa shape index (κ3) is 2.88. The zero-order chi connectivity index (χ0) is 13.3. The Morgan fingerprint density at radius 2 is 2.17 bits per heavy atom. The summed E-state index contributed by atoms with van der Waals surface area (Å²) in [5.74, 6) is 0.604. The number of anilines is 1. The van der Waals surface area contributed by atoms with E-state index in [1.54, 1.807) is 18.1 Å². The van der Waals surface area contributed by atoms with Crippen LogP contribution in [0.2, 0.25) is 5.28 Å². The molecule has 0 aliphatic rings. The molecule has 98 valence electrons. The van der Waals surface area contributed by atoms with Gasteiger partial charge in [0.05, 0.1) is 17.3 Å². The maximum absolute atomic E-state index is 11.1. The summed E-state index contributed by atoms with van der Waals surface area (Å²) in [5.41, 5.74) is 0.524. The second-order valence-electron chi connectivity index (χ2n) is 4.00. The molecule has 0 aromatic carbocycles. The zero-order valence-corrected chi connectivity index (χ0v) is 11.5. The van der Waals surface area contributed by atoms with Crippen LogP contribution in [0, 0.1) is 0 Å². The molecule has 0 spiro atoms. The Bertz CT molecular complexity index is 669. The molecular formula is C9H12ClN5O2S. The second-order valence-corrected chi connectivity index (χ2v) is 6.60. The maximum atomic E-state index is 11.1. The van der Waals surface area contributed by atoms with Gasteiger partial charge in [-0.15, -0.1) is 0 Å². The predicted octanol–water partition coefficient (Wildman–Crippen LogP) is 0.487. The zero-order valence-electron chi connectivity index (χ0n) is 9.88. The molecule has 2 rings (SSSR count). The average molecular weight is 290 g/mol. The van der Waals surface area contributed by atoms with Crippen molar-refractivity contribution in [2.24, 2.45) is 0 Å². The normalized spacial score (nSPS) is 11.9. The van der Waals surface area contributed by atoms with Crippen LogP contribution < -0.4 is 4.90 Å². The summed E-state index contributed by atoms with van der Waals surface area (Å²) in [6.07, 6.45) is 2.78. The van der Waals surface area contributed by atoms with E-state index in [1.807, 2.05) is 0 Å². The number of H-pyrrole nitrogens is 1. The summed E-state index contributed by atoms with van der Waals surface area (Å²) in [5, 5.41) is 7.36. The molecule has 9 heteroatoms. The molecule has 0 bridgehead atoms. The van der Waals surface area contributed by atoms with Crippen molar-refractivity contribution in [3.8, 4) is 0 Å². The fraction of sp³-hybridized carbons (Fsp3) is 0.444. The Hall–Kier alpha value is -1.41. The van der Waals surface area contributed by atoms with E-state index in [-0.39, 0.29) is 11.0 Å². The quantitative estimate of drug-likeness (QED) is 0.824. The number of aromatic nitrogens is 4. The fourth-order valence-corrected chi connectivity index (χ4v) is 2.26. The van der Waals surface area contributed by atoms with Crippen LogP contribution in [0.3, 0.4) is 0 Å². The van der Waals surface area contributed by atoms with E-state index in [9.17, 15) is 8.42 Å². The van der Waals surface area contributed by atoms with Crippen molar-refractivity contribution in [2.45, 2.75) is 0 Å². The van der Waals surface area contributed by atoms with Crippen LogP contribution in [0.25, 0.3) is 11.0 Å². The molecule has 1 N–H and O–H groups in total. The number of nitrogens with zero attached hydrogens (tertiary/aromatic N) is 4. The van der Waals surface area contributed by atoms with Gasteiger partial charge in [-0.05, 0) is 11.6 Å². The Labute approximate surface area is 109 Å². The Balaban J connectivity index is 2.32. The van der Waals surface area contributed by atoms with Gasteiger partial charge in [-0.1, -0.05) is 0 Å². The van der Waals surface area contributed by atoms with Crippen LogP contribution in [-0.4, -0.2) is 54.2 Å². The lowest BCUT2D eigenvalue weighted by atomic mass is 10.3. The smallest absolute Gasteiger partial charge is 0.226 e. The van der Waals surface area contributed by atoms with E-state index in [2.05, 4.69) is 20.2 Å². The number of aromatic amines is 1. The maximum Gasteiger partial charge on any atom is 0.226 e. The Kier molecular flexibility index (Phi) is 3.40. The molecule has 0 aliphatic carbocycles. The van der Waals surface area contributed by atoms with Crippen molar-refractivity contribution in [3.05, 3.63) is 11.5 Å². The summed E-state index contributed by atoms with van der Waals surface area (Å²) < 4.78 is 22.3. The molecule has 7 nitrogen and oxygen atoms in total. The highest BCUT2D eigenvalue weighted by Crippen LogP contribution is 2.22. The Morgan fingerprint density at radius 1 is 1.44 bits per heavy atom. The minimum atomic E-state index is -3.02. The SMILES string of the molecule is CN(CCS(C)(=O)=O)c1nc(Cl)nc2[nH]ncc12. The minimum absolute atomic E-state index is 0.0461. The molecule has 0 radical (unpaired) electrons. The summed E-state index contributed by atoms with van der Waals surface area (Å²) in [6.45, 7) is 0.326. The van der Waals surface area contributed by atoms with E-state index >= 15 is 0 Å². The van der Waals surface area contributed by atoms with Crippen LogP contribution >= 0.6 is 11.6 Å². The summed E-state index contributed by atoms with van der Waals surface area (Å²) in [6, 6.07) is 0. The molecule has 0 amide bonds. The Morgan fingerprint density at radius 3 is 2.83 bits per heavy atom. The van der Waals surface area contributed by atoms with Gasteiger partial charge in [0.2, 0.25) is 5.28 Å². The first-order valence-corrected chi connectivity index (χ1v) is 7.56. The van der Waals surface area contributed by atoms with Gasteiger partial charge in [-0.25, -0.2) is 8.42 Å². The van der Waals surface area contributed by atoms with Crippen LogP contribution in [0.4, 0.5) is 5.82 Å². The molecule has 2 heterocycles. The van der Waals surface area contributed by atoms with Crippen molar-refractivity contribution >= 4 is 38.3 Å². The number of sulfone groups is 1. The van der Waals surface area contributed by atoms with Crippen LogP contribution in [0.15, 0.2) is 6.20 Å². The average Bonchev–Trinajstić information content (AvgIpc) is 2.71. The molecule has 0 atom stereocenters. The van der Waals surface area contributed by atoms with Gasteiger partial charge in [0.1, 0.15) is 15.7 Å². The van der Waals surface area contributed by atoms with Crippen LogP contribution in [-0.2, 0) is 9.84 Å². The summed E-state index contributed by atoms with van der Waals surface area (Å²) >= 11 is 5.80. The first kappa shape index (κ1) is 13.0. The van der Waals surface area contributed by atoms with E-state index in [0.29, 0.717) is 23.4 Å². The number of nitrogens with one attached hydrogen (secondary N) is 1. The van der Waals surface area contributed by atoms with Gasteiger partial charge in [0.15, 0.2) is 5.65 Å². The second kappa shape index (κ2) is 4.69. The third-order valence-corrected chi connectivity index (χ3v) is 3.51. The monoisotopic (exact) mass is 289 g/mol. The van der Waals surface area contributed by atoms with Gasteiger partial charge in [-0.3, -0.25) is 5.10 Å². The first-order valence-electron chi connectivity index (χ1n) is 5.12. The molecule has 0 saturated heterocycles. The van der Waals surface area contributed by atoms with Gasteiger partial charge in [-0.2, -0.15) is 15.1 Å². The van der Waals surface area contributed by atoms with E-state index in [4.69, 9.17) is 11.6 Å². The molecule has 2 aromatic heterocycles. The van der Waals surface area contributed by atoms with Crippen molar-refractivity contribution in [3.63, 3.8) is 0 Å². The molecule has 0 aliphatic heterocycles. The minimum Gasteiger partial charge on any atom is -0.358 e. The number of hydrogen-bond donors (Lipinski definition) is 1. The third-order valence-electron chi connectivity index (χ3n) is 2.42. The number of hydrogen-bond acceptors (Lipinski definition) is 6. The number of rotatable bonds is 4.